The molecular weight excluding hydrogens is 182 g/mol. The Hall–Kier alpha value is -0.0400. The number of hydrogen-bond acceptors (Lipinski definition) is 1. The van der Waals surface area contributed by atoms with Crippen LogP contribution in [0, 0.1) is 17.3 Å². The second kappa shape index (κ2) is 5.34. The van der Waals surface area contributed by atoms with Gasteiger partial charge in [-0.1, -0.05) is 34.6 Å². The summed E-state index contributed by atoms with van der Waals surface area (Å²) >= 11 is 0. The Morgan fingerprint density at radius 3 is 2.40 bits per heavy atom. The molecule has 15 heavy (non-hydrogen) atoms. The van der Waals surface area contributed by atoms with Gasteiger partial charge in [0, 0.05) is 6.04 Å². The third-order valence-electron chi connectivity index (χ3n) is 3.70. The average molecular weight is 211 g/mol. The van der Waals surface area contributed by atoms with Crippen molar-refractivity contribution in [3.8, 4) is 0 Å². The SMILES string of the molecule is CC(C)CCCNC1CC(C)(C)CC1C. The zero-order valence-corrected chi connectivity index (χ0v) is 11.3. The molecule has 1 aliphatic rings. The van der Waals surface area contributed by atoms with Crippen molar-refractivity contribution in [3.63, 3.8) is 0 Å². The highest BCUT2D eigenvalue weighted by atomic mass is 14.9. The molecule has 0 radical (unpaired) electrons. The second-order valence-corrected chi connectivity index (χ2v) is 6.65. The maximum atomic E-state index is 3.74. The minimum absolute atomic E-state index is 0.565. The number of nitrogens with one attached hydrogen (secondary N) is 1. The van der Waals surface area contributed by atoms with Crippen molar-refractivity contribution in [1.29, 1.82) is 0 Å². The van der Waals surface area contributed by atoms with Crippen molar-refractivity contribution < 1.29 is 0 Å². The maximum absolute atomic E-state index is 3.74. The van der Waals surface area contributed by atoms with Gasteiger partial charge in [-0.3, -0.25) is 0 Å². The van der Waals surface area contributed by atoms with E-state index < -0.39 is 0 Å². The summed E-state index contributed by atoms with van der Waals surface area (Å²) in [6.07, 6.45) is 5.43. The average Bonchev–Trinajstić information content (AvgIpc) is 2.33. The first-order valence-electron chi connectivity index (χ1n) is 6.64. The third kappa shape index (κ3) is 4.55. The molecule has 2 atom stereocenters. The van der Waals surface area contributed by atoms with E-state index in [9.17, 15) is 0 Å². The summed E-state index contributed by atoms with van der Waals surface area (Å²) in [4.78, 5) is 0. The summed E-state index contributed by atoms with van der Waals surface area (Å²) in [5, 5.41) is 3.74. The van der Waals surface area contributed by atoms with Crippen LogP contribution in [0.2, 0.25) is 0 Å². The summed E-state index contributed by atoms with van der Waals surface area (Å²) in [6.45, 7) is 13.0. The number of hydrogen-bond donors (Lipinski definition) is 1. The van der Waals surface area contributed by atoms with E-state index in [1.165, 1.54) is 32.2 Å². The molecular formula is C14H29N. The molecule has 0 aromatic heterocycles. The van der Waals surface area contributed by atoms with Gasteiger partial charge in [-0.25, -0.2) is 0 Å². The van der Waals surface area contributed by atoms with E-state index in [4.69, 9.17) is 0 Å². The van der Waals surface area contributed by atoms with Gasteiger partial charge < -0.3 is 5.32 Å². The highest BCUT2D eigenvalue weighted by Crippen LogP contribution is 2.40. The smallest absolute Gasteiger partial charge is 0.00979 e. The van der Waals surface area contributed by atoms with Crippen molar-refractivity contribution in [2.45, 2.75) is 66.3 Å². The van der Waals surface area contributed by atoms with Crippen LogP contribution in [0.5, 0.6) is 0 Å². The molecule has 0 saturated heterocycles. The van der Waals surface area contributed by atoms with E-state index in [0.29, 0.717) is 5.41 Å². The van der Waals surface area contributed by atoms with Crippen molar-refractivity contribution in [2.75, 3.05) is 6.54 Å². The molecule has 90 valence electrons. The Kier molecular flexibility index (Phi) is 4.64. The second-order valence-electron chi connectivity index (χ2n) is 6.65. The van der Waals surface area contributed by atoms with Gasteiger partial charge in [-0.05, 0) is 49.5 Å². The molecule has 1 saturated carbocycles. The van der Waals surface area contributed by atoms with Gasteiger partial charge in [0.15, 0.2) is 0 Å². The van der Waals surface area contributed by atoms with Crippen LogP contribution in [-0.4, -0.2) is 12.6 Å². The Morgan fingerprint density at radius 1 is 1.27 bits per heavy atom. The molecule has 0 aromatic rings. The standard InChI is InChI=1S/C14H29N/c1-11(2)7-6-8-15-13-10-14(4,5)9-12(13)3/h11-13,15H,6-10H2,1-5H3. The monoisotopic (exact) mass is 211 g/mol. The molecule has 2 unspecified atom stereocenters. The predicted molar refractivity (Wildman–Crippen MR) is 68.0 cm³/mol. The molecule has 0 aromatic carbocycles. The van der Waals surface area contributed by atoms with Crippen LogP contribution < -0.4 is 5.32 Å². The van der Waals surface area contributed by atoms with E-state index in [1.54, 1.807) is 0 Å². The van der Waals surface area contributed by atoms with Gasteiger partial charge in [0.05, 0.1) is 0 Å². The Labute approximate surface area is 96.0 Å². The van der Waals surface area contributed by atoms with E-state index in [1.807, 2.05) is 0 Å². The molecule has 1 N–H and O–H groups in total. The number of rotatable bonds is 5. The zero-order valence-electron chi connectivity index (χ0n) is 11.3. The van der Waals surface area contributed by atoms with Crippen molar-refractivity contribution in [2.24, 2.45) is 17.3 Å². The Morgan fingerprint density at radius 2 is 1.93 bits per heavy atom. The zero-order chi connectivity index (χ0) is 11.5. The Bertz CT molecular complexity index is 184. The molecule has 0 bridgehead atoms. The normalized spacial score (nSPS) is 30.0. The van der Waals surface area contributed by atoms with Crippen LogP contribution >= 0.6 is 0 Å². The molecule has 1 heteroatoms. The van der Waals surface area contributed by atoms with Crippen LogP contribution in [-0.2, 0) is 0 Å². The quantitative estimate of drug-likeness (QED) is 0.681. The fourth-order valence-corrected chi connectivity index (χ4v) is 2.96. The first-order valence-corrected chi connectivity index (χ1v) is 6.64. The summed E-state index contributed by atoms with van der Waals surface area (Å²) in [5.74, 6) is 1.71. The van der Waals surface area contributed by atoms with Gasteiger partial charge in [0.25, 0.3) is 0 Å². The first kappa shape index (κ1) is 13.0. The largest absolute Gasteiger partial charge is 0.314 e. The third-order valence-corrected chi connectivity index (χ3v) is 3.70. The highest BCUT2D eigenvalue weighted by molar-refractivity contribution is 4.90. The summed E-state index contributed by atoms with van der Waals surface area (Å²) in [6, 6.07) is 0.771. The van der Waals surface area contributed by atoms with Gasteiger partial charge >= 0.3 is 0 Å². The highest BCUT2D eigenvalue weighted by Gasteiger charge is 2.35. The van der Waals surface area contributed by atoms with Crippen molar-refractivity contribution in [3.05, 3.63) is 0 Å². The van der Waals surface area contributed by atoms with Crippen LogP contribution in [0.15, 0.2) is 0 Å². The fourth-order valence-electron chi connectivity index (χ4n) is 2.96. The van der Waals surface area contributed by atoms with Crippen molar-refractivity contribution in [1.82, 2.24) is 5.32 Å². The molecule has 0 amide bonds. The van der Waals surface area contributed by atoms with E-state index >= 15 is 0 Å². The lowest BCUT2D eigenvalue weighted by atomic mass is 9.91. The van der Waals surface area contributed by atoms with Crippen LogP contribution in [0.1, 0.15) is 60.3 Å². The van der Waals surface area contributed by atoms with Crippen LogP contribution in [0.3, 0.4) is 0 Å². The minimum Gasteiger partial charge on any atom is -0.314 e. The summed E-state index contributed by atoms with van der Waals surface area (Å²) in [5.41, 5.74) is 0.565. The van der Waals surface area contributed by atoms with Gasteiger partial charge in [-0.15, -0.1) is 0 Å². The van der Waals surface area contributed by atoms with E-state index in [-0.39, 0.29) is 0 Å². The van der Waals surface area contributed by atoms with Gasteiger partial charge in [-0.2, -0.15) is 0 Å². The predicted octanol–water partition coefficient (Wildman–Crippen LogP) is 3.84. The maximum Gasteiger partial charge on any atom is 0.00979 e. The van der Waals surface area contributed by atoms with Gasteiger partial charge in [0.2, 0.25) is 0 Å². The summed E-state index contributed by atoms with van der Waals surface area (Å²) < 4.78 is 0. The van der Waals surface area contributed by atoms with Crippen molar-refractivity contribution >= 4 is 0 Å². The minimum atomic E-state index is 0.565. The molecule has 0 spiro atoms. The lowest BCUT2D eigenvalue weighted by molar-refractivity contribution is 0.361. The van der Waals surface area contributed by atoms with E-state index in [2.05, 4.69) is 39.9 Å². The molecule has 0 aliphatic heterocycles. The molecule has 1 fully saturated rings. The Balaban J connectivity index is 2.17. The molecule has 0 heterocycles. The summed E-state index contributed by atoms with van der Waals surface area (Å²) in [7, 11) is 0. The topological polar surface area (TPSA) is 12.0 Å². The lowest BCUT2D eigenvalue weighted by Gasteiger charge is -2.18. The van der Waals surface area contributed by atoms with Gasteiger partial charge in [0.1, 0.15) is 0 Å². The fraction of sp³-hybridized carbons (Fsp3) is 1.00. The molecule has 1 aliphatic carbocycles. The van der Waals surface area contributed by atoms with E-state index in [0.717, 1.165) is 17.9 Å². The molecule has 1 nitrogen and oxygen atoms in total. The lowest BCUT2D eigenvalue weighted by Crippen LogP contribution is -2.32. The molecule has 1 rings (SSSR count). The first-order chi connectivity index (χ1) is 6.91. The van der Waals surface area contributed by atoms with Crippen LogP contribution in [0.4, 0.5) is 0 Å². The van der Waals surface area contributed by atoms with Crippen LogP contribution in [0.25, 0.3) is 0 Å².